The van der Waals surface area contributed by atoms with Crippen LogP contribution >= 0.6 is 11.3 Å². The number of hydrogen-bond acceptors (Lipinski definition) is 6. The van der Waals surface area contributed by atoms with Crippen molar-refractivity contribution in [2.45, 2.75) is 26.3 Å². The van der Waals surface area contributed by atoms with Crippen molar-refractivity contribution in [3.63, 3.8) is 0 Å². The number of thiophene rings is 1. The van der Waals surface area contributed by atoms with Crippen LogP contribution < -0.4 is 21.9 Å². The number of aromatic nitrogens is 2. The molecule has 0 unspecified atom stereocenters. The number of carbonyl (C=O) groups is 1. The Balaban J connectivity index is 2.46. The number of anilines is 2. The molecule has 0 saturated carbocycles. The van der Waals surface area contributed by atoms with E-state index in [1.54, 1.807) is 0 Å². The van der Waals surface area contributed by atoms with E-state index < -0.39 is 11.2 Å². The van der Waals surface area contributed by atoms with Crippen molar-refractivity contribution in [1.82, 2.24) is 9.55 Å². The summed E-state index contributed by atoms with van der Waals surface area (Å²) in [6.07, 6.45) is 0.801. The highest BCUT2D eigenvalue weighted by Gasteiger charge is 2.24. The molecule has 0 aliphatic rings. The Hall–Kier alpha value is -2.39. The molecule has 0 saturated heterocycles. The first kappa shape index (κ1) is 18.9. The van der Waals surface area contributed by atoms with Gasteiger partial charge < -0.3 is 15.4 Å². The normalized spacial score (nSPS) is 10.8. The summed E-state index contributed by atoms with van der Waals surface area (Å²) in [6.45, 7) is 2.64. The number of aromatic amines is 1. The molecule has 0 radical (unpaired) electrons. The molecule has 0 fully saturated rings. The van der Waals surface area contributed by atoms with E-state index >= 15 is 0 Å². The largest absolute Gasteiger partial charge is 0.383 e. The molecule has 0 bridgehead atoms. The zero-order chi connectivity index (χ0) is 18.4. The molecule has 2 rings (SSSR count). The van der Waals surface area contributed by atoms with Gasteiger partial charge in [0, 0.05) is 20.2 Å². The molecule has 0 aromatic carbocycles. The first-order valence-corrected chi connectivity index (χ1v) is 8.86. The van der Waals surface area contributed by atoms with E-state index in [0.29, 0.717) is 13.0 Å². The monoisotopic (exact) mass is 366 g/mol. The van der Waals surface area contributed by atoms with Gasteiger partial charge in [-0.1, -0.05) is 6.92 Å². The standard InChI is InChI=1S/C16H22N4O4S/c1-3-5-20-14(17)13(15(22)18-16(20)23)19(6-7-24-2)12(21)9-11-4-8-25-10-11/h4,8,10H,3,5-7,9,17H2,1-2H3,(H,18,22,23). The summed E-state index contributed by atoms with van der Waals surface area (Å²) in [5.41, 5.74) is 5.66. The third-order valence-corrected chi connectivity index (χ3v) is 4.42. The molecule has 1 amide bonds. The van der Waals surface area contributed by atoms with Crippen LogP contribution in [-0.2, 0) is 22.5 Å². The molecule has 0 aliphatic heterocycles. The van der Waals surface area contributed by atoms with Crippen LogP contribution in [0.5, 0.6) is 0 Å². The lowest BCUT2D eigenvalue weighted by atomic mass is 10.2. The summed E-state index contributed by atoms with van der Waals surface area (Å²) >= 11 is 1.49. The Bertz CT molecular complexity index is 826. The number of ether oxygens (including phenoxy) is 1. The van der Waals surface area contributed by atoms with Crippen molar-refractivity contribution in [2.24, 2.45) is 0 Å². The van der Waals surface area contributed by atoms with Crippen molar-refractivity contribution in [1.29, 1.82) is 0 Å². The Morgan fingerprint density at radius 3 is 2.80 bits per heavy atom. The fourth-order valence-electron chi connectivity index (χ4n) is 2.49. The average molecular weight is 366 g/mol. The predicted octanol–water partition coefficient (Wildman–Crippen LogP) is 0.812. The van der Waals surface area contributed by atoms with Crippen LogP contribution in [0.2, 0.25) is 0 Å². The second-order valence-electron chi connectivity index (χ2n) is 5.49. The van der Waals surface area contributed by atoms with Crippen molar-refractivity contribution in [2.75, 3.05) is 30.9 Å². The number of nitrogens with two attached hydrogens (primary N) is 1. The number of carbonyl (C=O) groups excluding carboxylic acids is 1. The lowest BCUT2D eigenvalue weighted by Gasteiger charge is -2.24. The molecule has 3 N–H and O–H groups in total. The van der Waals surface area contributed by atoms with Gasteiger partial charge in [-0.25, -0.2) is 4.79 Å². The molecule has 0 atom stereocenters. The van der Waals surface area contributed by atoms with Crippen LogP contribution in [0.4, 0.5) is 11.5 Å². The molecule has 2 heterocycles. The Kier molecular flexibility index (Phi) is 6.54. The van der Waals surface area contributed by atoms with Gasteiger partial charge >= 0.3 is 5.69 Å². The van der Waals surface area contributed by atoms with Crippen molar-refractivity contribution in [3.8, 4) is 0 Å². The van der Waals surface area contributed by atoms with Crippen LogP contribution in [0, 0.1) is 0 Å². The van der Waals surface area contributed by atoms with Gasteiger partial charge in [0.2, 0.25) is 5.91 Å². The third kappa shape index (κ3) is 4.37. The lowest BCUT2D eigenvalue weighted by Crippen LogP contribution is -2.43. The summed E-state index contributed by atoms with van der Waals surface area (Å²) in [7, 11) is 1.51. The van der Waals surface area contributed by atoms with Crippen LogP contribution in [0.1, 0.15) is 18.9 Å². The number of nitrogens with zero attached hydrogens (tertiary/aromatic N) is 2. The first-order chi connectivity index (χ1) is 12.0. The highest BCUT2D eigenvalue weighted by molar-refractivity contribution is 7.08. The van der Waals surface area contributed by atoms with E-state index in [1.807, 2.05) is 23.8 Å². The smallest absolute Gasteiger partial charge is 0.330 e. The number of amides is 1. The summed E-state index contributed by atoms with van der Waals surface area (Å²) in [5.74, 6) is -0.292. The highest BCUT2D eigenvalue weighted by Crippen LogP contribution is 2.19. The van der Waals surface area contributed by atoms with Crippen molar-refractivity contribution < 1.29 is 9.53 Å². The van der Waals surface area contributed by atoms with Gasteiger partial charge in [0.05, 0.1) is 13.0 Å². The second-order valence-corrected chi connectivity index (χ2v) is 6.27. The van der Waals surface area contributed by atoms with E-state index in [0.717, 1.165) is 5.56 Å². The second kappa shape index (κ2) is 8.63. The Morgan fingerprint density at radius 2 is 2.20 bits per heavy atom. The first-order valence-electron chi connectivity index (χ1n) is 7.92. The highest BCUT2D eigenvalue weighted by atomic mass is 32.1. The molecule has 136 valence electrons. The van der Waals surface area contributed by atoms with Gasteiger partial charge in [-0.3, -0.25) is 19.1 Å². The van der Waals surface area contributed by atoms with E-state index in [-0.39, 0.29) is 37.0 Å². The van der Waals surface area contributed by atoms with Gasteiger partial charge in [0.15, 0.2) is 5.69 Å². The molecular formula is C16H22N4O4S. The number of hydrogen-bond donors (Lipinski definition) is 2. The van der Waals surface area contributed by atoms with Gasteiger partial charge in [-0.05, 0) is 28.8 Å². The fourth-order valence-corrected chi connectivity index (χ4v) is 3.16. The maximum atomic E-state index is 12.8. The maximum Gasteiger partial charge on any atom is 0.330 e. The molecule has 0 spiro atoms. The zero-order valence-electron chi connectivity index (χ0n) is 14.3. The molecular weight excluding hydrogens is 344 g/mol. The molecule has 2 aromatic rings. The number of methoxy groups -OCH3 is 1. The van der Waals surface area contributed by atoms with Gasteiger partial charge in [0.25, 0.3) is 5.56 Å². The minimum Gasteiger partial charge on any atom is -0.383 e. The van der Waals surface area contributed by atoms with Gasteiger partial charge in [-0.2, -0.15) is 11.3 Å². The lowest BCUT2D eigenvalue weighted by molar-refractivity contribution is -0.118. The minimum absolute atomic E-state index is 0.00892. The van der Waals surface area contributed by atoms with Crippen LogP contribution in [0.3, 0.4) is 0 Å². The van der Waals surface area contributed by atoms with E-state index in [9.17, 15) is 14.4 Å². The van der Waals surface area contributed by atoms with Crippen molar-refractivity contribution in [3.05, 3.63) is 43.2 Å². The summed E-state index contributed by atoms with van der Waals surface area (Å²) in [6, 6.07) is 1.85. The summed E-state index contributed by atoms with van der Waals surface area (Å²) in [5, 5.41) is 3.75. The topological polar surface area (TPSA) is 110 Å². The molecule has 2 aromatic heterocycles. The molecule has 9 heteroatoms. The number of H-pyrrole nitrogens is 1. The summed E-state index contributed by atoms with van der Waals surface area (Å²) < 4.78 is 6.32. The average Bonchev–Trinajstić information content (AvgIpc) is 3.07. The van der Waals surface area contributed by atoms with E-state index in [4.69, 9.17) is 10.5 Å². The van der Waals surface area contributed by atoms with E-state index in [2.05, 4.69) is 4.98 Å². The molecule has 8 nitrogen and oxygen atoms in total. The van der Waals surface area contributed by atoms with Crippen LogP contribution in [-0.4, -0.2) is 35.7 Å². The SMILES string of the molecule is CCCn1c(N)c(N(CCOC)C(=O)Cc2ccsc2)c(=O)[nH]c1=O. The van der Waals surface area contributed by atoms with E-state index in [1.165, 1.54) is 27.9 Å². The fraction of sp³-hybridized carbons (Fsp3) is 0.438. The van der Waals surface area contributed by atoms with Gasteiger partial charge in [0.1, 0.15) is 5.82 Å². The maximum absolute atomic E-state index is 12.8. The zero-order valence-corrected chi connectivity index (χ0v) is 15.1. The van der Waals surface area contributed by atoms with Crippen LogP contribution in [0.25, 0.3) is 0 Å². The Morgan fingerprint density at radius 1 is 1.44 bits per heavy atom. The summed E-state index contributed by atoms with van der Waals surface area (Å²) in [4.78, 5) is 40.6. The van der Waals surface area contributed by atoms with Crippen molar-refractivity contribution >= 4 is 28.7 Å². The molecule has 25 heavy (non-hydrogen) atoms. The number of nitrogens with one attached hydrogen (secondary N) is 1. The van der Waals surface area contributed by atoms with Gasteiger partial charge in [-0.15, -0.1) is 0 Å². The Labute approximate surface area is 148 Å². The molecule has 0 aliphatic carbocycles. The third-order valence-electron chi connectivity index (χ3n) is 3.69. The number of rotatable bonds is 8. The number of nitrogen functional groups attached to an aromatic ring is 1. The predicted molar refractivity (Wildman–Crippen MR) is 98.3 cm³/mol. The van der Waals surface area contributed by atoms with Crippen LogP contribution in [0.15, 0.2) is 26.4 Å². The quantitative estimate of drug-likeness (QED) is 0.718. The minimum atomic E-state index is -0.676.